The van der Waals surface area contributed by atoms with E-state index in [1.54, 1.807) is 24.3 Å². The lowest BCUT2D eigenvalue weighted by molar-refractivity contribution is -0.129. The summed E-state index contributed by atoms with van der Waals surface area (Å²) in [7, 11) is 0. The van der Waals surface area contributed by atoms with Gasteiger partial charge in [0.25, 0.3) is 0 Å². The SMILES string of the molecule is O=C1N=C2C=CC=CC2C(=O)N1CCCl. The predicted molar refractivity (Wildman–Crippen MR) is 57.0 cm³/mol. The van der Waals surface area contributed by atoms with Crippen molar-refractivity contribution in [3.8, 4) is 0 Å². The van der Waals surface area contributed by atoms with E-state index in [-0.39, 0.29) is 18.3 Å². The van der Waals surface area contributed by atoms with Crippen molar-refractivity contribution in [2.45, 2.75) is 0 Å². The summed E-state index contributed by atoms with van der Waals surface area (Å²) in [5, 5.41) is 0. The van der Waals surface area contributed by atoms with Crippen LogP contribution >= 0.6 is 11.6 Å². The van der Waals surface area contributed by atoms with Gasteiger partial charge in [0.1, 0.15) is 0 Å². The number of imide groups is 1. The molecule has 5 heteroatoms. The molecule has 3 amide bonds. The monoisotopic (exact) mass is 224 g/mol. The van der Waals surface area contributed by atoms with Gasteiger partial charge < -0.3 is 0 Å². The summed E-state index contributed by atoms with van der Waals surface area (Å²) in [6, 6.07) is -0.521. The Kier molecular flexibility index (Phi) is 2.68. The normalized spacial score (nSPS) is 24.2. The molecule has 0 fully saturated rings. The van der Waals surface area contributed by atoms with Crippen molar-refractivity contribution in [1.82, 2.24) is 4.90 Å². The number of halogens is 1. The summed E-state index contributed by atoms with van der Waals surface area (Å²) in [4.78, 5) is 28.2. The zero-order chi connectivity index (χ0) is 10.8. The number of hydrogen-bond donors (Lipinski definition) is 0. The van der Waals surface area contributed by atoms with Crippen LogP contribution in [-0.4, -0.2) is 35.0 Å². The van der Waals surface area contributed by atoms with Crippen LogP contribution in [0, 0.1) is 5.92 Å². The van der Waals surface area contributed by atoms with E-state index in [0.717, 1.165) is 4.90 Å². The van der Waals surface area contributed by atoms with Crippen molar-refractivity contribution in [1.29, 1.82) is 0 Å². The van der Waals surface area contributed by atoms with Crippen LogP contribution in [0.4, 0.5) is 4.79 Å². The Bertz CT molecular complexity index is 398. The van der Waals surface area contributed by atoms with Crippen molar-refractivity contribution in [2.75, 3.05) is 12.4 Å². The van der Waals surface area contributed by atoms with Gasteiger partial charge in [0.05, 0.1) is 11.6 Å². The maximum atomic E-state index is 11.8. The molecule has 78 valence electrons. The molecule has 1 heterocycles. The van der Waals surface area contributed by atoms with Gasteiger partial charge >= 0.3 is 6.03 Å². The number of hydrogen-bond acceptors (Lipinski definition) is 2. The molecule has 0 saturated heterocycles. The van der Waals surface area contributed by atoms with Crippen LogP contribution < -0.4 is 0 Å². The van der Waals surface area contributed by atoms with Crippen molar-refractivity contribution >= 4 is 29.3 Å². The minimum Gasteiger partial charge on any atom is -0.273 e. The highest BCUT2D eigenvalue weighted by Gasteiger charge is 2.34. The molecule has 0 N–H and O–H groups in total. The molecule has 0 radical (unpaired) electrons. The fourth-order valence-electron chi connectivity index (χ4n) is 1.57. The number of urea groups is 1. The topological polar surface area (TPSA) is 49.7 Å². The first-order chi connectivity index (χ1) is 7.24. The second-order valence-electron chi connectivity index (χ2n) is 3.22. The molecule has 0 spiro atoms. The van der Waals surface area contributed by atoms with Crippen LogP contribution in [0.5, 0.6) is 0 Å². The number of nitrogens with zero attached hydrogens (tertiary/aromatic N) is 2. The Morgan fingerprint density at radius 2 is 2.20 bits per heavy atom. The van der Waals surface area contributed by atoms with Gasteiger partial charge in [-0.2, -0.15) is 4.99 Å². The number of amides is 3. The first-order valence-corrected chi connectivity index (χ1v) is 5.12. The summed E-state index contributed by atoms with van der Waals surface area (Å²) >= 11 is 5.51. The van der Waals surface area contributed by atoms with E-state index in [2.05, 4.69) is 4.99 Å². The molecular weight excluding hydrogens is 216 g/mol. The first-order valence-electron chi connectivity index (χ1n) is 4.59. The zero-order valence-corrected chi connectivity index (χ0v) is 8.65. The molecule has 2 rings (SSSR count). The number of alkyl halides is 1. The van der Waals surface area contributed by atoms with E-state index < -0.39 is 11.9 Å². The summed E-state index contributed by atoms with van der Waals surface area (Å²) in [5.41, 5.74) is 0.512. The molecule has 0 saturated carbocycles. The Morgan fingerprint density at radius 1 is 1.40 bits per heavy atom. The second-order valence-corrected chi connectivity index (χ2v) is 3.60. The summed E-state index contributed by atoms with van der Waals surface area (Å²) < 4.78 is 0. The number of aliphatic imine (C=N–C) groups is 1. The van der Waals surface area contributed by atoms with E-state index in [1.165, 1.54) is 0 Å². The predicted octanol–water partition coefficient (Wildman–Crippen LogP) is 1.37. The Hall–Kier alpha value is -1.42. The fourth-order valence-corrected chi connectivity index (χ4v) is 1.74. The minimum atomic E-state index is -0.521. The maximum Gasteiger partial charge on any atom is 0.350 e. The Balaban J connectivity index is 2.33. The lowest BCUT2D eigenvalue weighted by Crippen LogP contribution is -2.46. The Labute approximate surface area is 91.9 Å². The van der Waals surface area contributed by atoms with Gasteiger partial charge in [0, 0.05) is 12.4 Å². The molecule has 0 aromatic carbocycles. The summed E-state index contributed by atoms with van der Waals surface area (Å²) in [6.07, 6.45) is 6.94. The van der Waals surface area contributed by atoms with Crippen LogP contribution in [0.15, 0.2) is 29.3 Å². The molecule has 2 aliphatic rings. The molecule has 1 atom stereocenters. The van der Waals surface area contributed by atoms with E-state index in [1.807, 2.05) is 0 Å². The highest BCUT2D eigenvalue weighted by atomic mass is 35.5. The molecule has 0 bridgehead atoms. The molecule has 1 unspecified atom stereocenters. The van der Waals surface area contributed by atoms with Gasteiger partial charge in [-0.3, -0.25) is 9.69 Å². The largest absolute Gasteiger partial charge is 0.350 e. The number of allylic oxidation sites excluding steroid dienone is 3. The lowest BCUT2D eigenvalue weighted by Gasteiger charge is -2.27. The third kappa shape index (κ3) is 1.72. The minimum absolute atomic E-state index is 0.212. The van der Waals surface area contributed by atoms with Crippen molar-refractivity contribution < 1.29 is 9.59 Å². The van der Waals surface area contributed by atoms with Gasteiger partial charge in [-0.15, -0.1) is 11.6 Å². The summed E-state index contributed by atoms with van der Waals surface area (Å²) in [5.74, 6) is -0.434. The Morgan fingerprint density at radius 3 is 2.93 bits per heavy atom. The molecule has 0 aromatic rings. The average Bonchev–Trinajstić information content (AvgIpc) is 2.24. The number of carbonyl (C=O) groups excluding carboxylic acids is 2. The third-order valence-corrected chi connectivity index (χ3v) is 2.47. The van der Waals surface area contributed by atoms with E-state index >= 15 is 0 Å². The first kappa shape index (κ1) is 10.1. The number of fused-ring (bicyclic) bond motifs is 1. The average molecular weight is 225 g/mol. The number of carbonyl (C=O) groups is 2. The van der Waals surface area contributed by atoms with E-state index in [9.17, 15) is 9.59 Å². The molecule has 15 heavy (non-hydrogen) atoms. The lowest BCUT2D eigenvalue weighted by atomic mass is 9.95. The van der Waals surface area contributed by atoms with Crippen LogP contribution in [0.3, 0.4) is 0 Å². The maximum absolute atomic E-state index is 11.8. The van der Waals surface area contributed by atoms with Crippen LogP contribution in [-0.2, 0) is 4.79 Å². The van der Waals surface area contributed by atoms with Gasteiger partial charge in [-0.05, 0) is 6.08 Å². The van der Waals surface area contributed by atoms with Gasteiger partial charge in [0.2, 0.25) is 5.91 Å². The van der Waals surface area contributed by atoms with Crippen LogP contribution in [0.1, 0.15) is 0 Å². The summed E-state index contributed by atoms with van der Waals surface area (Å²) in [6.45, 7) is 0.212. The molecule has 1 aliphatic carbocycles. The van der Waals surface area contributed by atoms with E-state index in [0.29, 0.717) is 5.71 Å². The van der Waals surface area contributed by atoms with Crippen molar-refractivity contribution in [3.05, 3.63) is 24.3 Å². The van der Waals surface area contributed by atoms with Crippen molar-refractivity contribution in [3.63, 3.8) is 0 Å². The third-order valence-electron chi connectivity index (χ3n) is 2.30. The molecule has 4 nitrogen and oxygen atoms in total. The smallest absolute Gasteiger partial charge is 0.273 e. The standard InChI is InChI=1S/C10H9ClN2O2/c11-5-6-13-9(14)7-3-1-2-4-8(7)12-10(13)15/h1-4,7H,5-6H2. The molecule has 1 aliphatic heterocycles. The second kappa shape index (κ2) is 3.98. The highest BCUT2D eigenvalue weighted by Crippen LogP contribution is 2.19. The zero-order valence-electron chi connectivity index (χ0n) is 7.89. The van der Waals surface area contributed by atoms with Crippen LogP contribution in [0.2, 0.25) is 0 Å². The molecule has 0 aromatic heterocycles. The molecular formula is C10H9ClN2O2. The van der Waals surface area contributed by atoms with Crippen molar-refractivity contribution in [2.24, 2.45) is 10.9 Å². The van der Waals surface area contributed by atoms with E-state index in [4.69, 9.17) is 11.6 Å². The fraction of sp³-hybridized carbons (Fsp3) is 0.300. The van der Waals surface area contributed by atoms with Gasteiger partial charge in [0.15, 0.2) is 0 Å². The van der Waals surface area contributed by atoms with Gasteiger partial charge in [-0.25, -0.2) is 4.79 Å². The number of rotatable bonds is 2. The highest BCUT2D eigenvalue weighted by molar-refractivity contribution is 6.22. The quantitative estimate of drug-likeness (QED) is 0.666. The van der Waals surface area contributed by atoms with Crippen LogP contribution in [0.25, 0.3) is 0 Å². The van der Waals surface area contributed by atoms with Gasteiger partial charge in [-0.1, -0.05) is 18.2 Å².